The average Bonchev–Trinajstić information content (AvgIpc) is 3.27. The van der Waals surface area contributed by atoms with Gasteiger partial charge in [-0.1, -0.05) is 19.1 Å². The summed E-state index contributed by atoms with van der Waals surface area (Å²) in [5, 5.41) is 9.84. The van der Waals surface area contributed by atoms with Crippen molar-refractivity contribution in [3.8, 4) is 0 Å². The number of anilines is 2. The highest BCUT2D eigenvalue weighted by Crippen LogP contribution is 2.33. The van der Waals surface area contributed by atoms with Crippen LogP contribution in [0.3, 0.4) is 0 Å². The van der Waals surface area contributed by atoms with E-state index in [0.717, 1.165) is 12.0 Å². The highest BCUT2D eigenvalue weighted by atomic mass is 19.1. The van der Waals surface area contributed by atoms with E-state index in [9.17, 15) is 14.0 Å². The van der Waals surface area contributed by atoms with Crippen molar-refractivity contribution >= 4 is 34.2 Å². The molecule has 0 bridgehead atoms. The molecule has 2 atom stereocenters. The largest absolute Gasteiger partial charge is 0.388 e. The molecule has 1 aliphatic rings. The molecular formula is C22H27FN6O3. The third-order valence-corrected chi connectivity index (χ3v) is 5.29. The van der Waals surface area contributed by atoms with Gasteiger partial charge in [0, 0.05) is 20.8 Å². The fourth-order valence-electron chi connectivity index (χ4n) is 3.76. The van der Waals surface area contributed by atoms with Crippen LogP contribution >= 0.6 is 0 Å². The molecule has 0 spiro atoms. The van der Waals surface area contributed by atoms with Gasteiger partial charge < -0.3 is 20.7 Å². The number of pyridine rings is 1. The normalized spacial score (nSPS) is 18.1. The van der Waals surface area contributed by atoms with E-state index in [1.165, 1.54) is 24.5 Å². The van der Waals surface area contributed by atoms with Gasteiger partial charge in [0.15, 0.2) is 0 Å². The van der Waals surface area contributed by atoms with Crippen LogP contribution in [0, 0.1) is 11.7 Å². The topological polar surface area (TPSA) is 126 Å². The number of halogens is 1. The molecule has 1 saturated heterocycles. The Bertz CT molecular complexity index is 1080. The van der Waals surface area contributed by atoms with Crippen LogP contribution in [-0.4, -0.2) is 52.7 Å². The Balaban J connectivity index is 0.000000913. The summed E-state index contributed by atoms with van der Waals surface area (Å²) in [6.07, 6.45) is 4.52. The summed E-state index contributed by atoms with van der Waals surface area (Å²) in [6, 6.07) is 5.77. The number of methoxy groups -OCH3 is 1. The van der Waals surface area contributed by atoms with Crippen molar-refractivity contribution < 1.29 is 18.7 Å². The molecule has 1 unspecified atom stereocenters. The number of aromatic nitrogens is 3. The number of hydrogen-bond donors (Lipinski definition) is 3. The minimum Gasteiger partial charge on any atom is -0.388 e. The molecule has 1 aromatic carbocycles. The number of piperidine rings is 1. The average molecular weight is 442 g/mol. The molecule has 2 aromatic heterocycles. The highest BCUT2D eigenvalue weighted by Gasteiger charge is 2.34. The number of amides is 2. The van der Waals surface area contributed by atoms with Gasteiger partial charge in [0.1, 0.15) is 11.6 Å². The number of nitrogen functional groups attached to an aromatic ring is 1. The van der Waals surface area contributed by atoms with Crippen LogP contribution in [0.15, 0.2) is 36.7 Å². The second-order valence-electron chi connectivity index (χ2n) is 7.79. The first kappa shape index (κ1) is 23.1. The van der Waals surface area contributed by atoms with Gasteiger partial charge in [-0.3, -0.25) is 14.7 Å². The van der Waals surface area contributed by atoms with Crippen molar-refractivity contribution in [1.29, 1.82) is 0 Å². The van der Waals surface area contributed by atoms with Crippen LogP contribution in [0.4, 0.5) is 15.9 Å². The molecule has 1 fully saturated rings. The number of ether oxygens (including phenoxy) is 1. The maximum absolute atomic E-state index is 13.3. The van der Waals surface area contributed by atoms with E-state index in [-0.39, 0.29) is 23.6 Å². The number of fused-ring (bicyclic) bond motifs is 1. The van der Waals surface area contributed by atoms with E-state index in [2.05, 4.69) is 25.2 Å². The first-order valence-corrected chi connectivity index (χ1v) is 10.2. The SMILES string of the molecule is COC.C[C@@H]1CCC(c2ccc(F)cc2)N(C(=O)C(=O)Nc2cnc(N)c3cn[nH]c23)C1. The first-order chi connectivity index (χ1) is 15.3. The summed E-state index contributed by atoms with van der Waals surface area (Å²) in [7, 11) is 3.25. The van der Waals surface area contributed by atoms with Crippen LogP contribution in [0.5, 0.6) is 0 Å². The number of hydrogen-bond acceptors (Lipinski definition) is 6. The summed E-state index contributed by atoms with van der Waals surface area (Å²) >= 11 is 0. The molecule has 0 aliphatic carbocycles. The fraction of sp³-hybridized carbons (Fsp3) is 0.364. The summed E-state index contributed by atoms with van der Waals surface area (Å²) in [4.78, 5) is 31.3. The molecule has 4 N–H and O–H groups in total. The predicted octanol–water partition coefficient (Wildman–Crippen LogP) is 2.88. The summed E-state index contributed by atoms with van der Waals surface area (Å²) < 4.78 is 17.6. The van der Waals surface area contributed by atoms with E-state index in [4.69, 9.17) is 5.73 Å². The minimum atomic E-state index is -0.770. The van der Waals surface area contributed by atoms with Gasteiger partial charge in [0.25, 0.3) is 0 Å². The van der Waals surface area contributed by atoms with Gasteiger partial charge in [-0.15, -0.1) is 0 Å². The number of rotatable bonds is 2. The number of carbonyl (C=O) groups is 2. The van der Waals surface area contributed by atoms with Gasteiger partial charge in [-0.05, 0) is 36.5 Å². The molecule has 3 aromatic rings. The fourth-order valence-corrected chi connectivity index (χ4v) is 3.76. The summed E-state index contributed by atoms with van der Waals surface area (Å²) in [5.74, 6) is -1.21. The van der Waals surface area contributed by atoms with E-state index >= 15 is 0 Å². The third-order valence-electron chi connectivity index (χ3n) is 5.29. The summed E-state index contributed by atoms with van der Waals surface area (Å²) in [6.45, 7) is 2.49. The Labute approximate surface area is 185 Å². The number of aromatic amines is 1. The van der Waals surface area contributed by atoms with Crippen LogP contribution in [0.1, 0.15) is 31.4 Å². The number of likely N-dealkylation sites (tertiary alicyclic amines) is 1. The van der Waals surface area contributed by atoms with Crippen molar-refractivity contribution in [3.63, 3.8) is 0 Å². The molecule has 4 rings (SSSR count). The van der Waals surface area contributed by atoms with Gasteiger partial charge in [-0.2, -0.15) is 5.10 Å². The lowest BCUT2D eigenvalue weighted by molar-refractivity contribution is -0.146. The van der Waals surface area contributed by atoms with Crippen LogP contribution < -0.4 is 11.1 Å². The van der Waals surface area contributed by atoms with E-state index in [1.807, 2.05) is 6.92 Å². The zero-order valence-electron chi connectivity index (χ0n) is 18.3. The second kappa shape index (κ2) is 10.2. The van der Waals surface area contributed by atoms with Crippen molar-refractivity contribution in [1.82, 2.24) is 20.1 Å². The zero-order valence-corrected chi connectivity index (χ0v) is 18.3. The van der Waals surface area contributed by atoms with Crippen molar-refractivity contribution in [2.45, 2.75) is 25.8 Å². The molecule has 3 heterocycles. The molecule has 1 aliphatic heterocycles. The molecule has 0 saturated carbocycles. The quantitative estimate of drug-likeness (QED) is 0.524. The maximum Gasteiger partial charge on any atom is 0.314 e. The van der Waals surface area contributed by atoms with E-state index in [1.54, 1.807) is 31.3 Å². The van der Waals surface area contributed by atoms with Crippen LogP contribution in [-0.2, 0) is 14.3 Å². The van der Waals surface area contributed by atoms with Gasteiger partial charge in [-0.25, -0.2) is 9.37 Å². The molecular weight excluding hydrogens is 415 g/mol. The maximum atomic E-state index is 13.3. The predicted molar refractivity (Wildman–Crippen MR) is 119 cm³/mol. The third kappa shape index (κ3) is 5.02. The van der Waals surface area contributed by atoms with E-state index in [0.29, 0.717) is 29.6 Å². The van der Waals surface area contributed by atoms with Crippen molar-refractivity contribution in [2.24, 2.45) is 5.92 Å². The molecule has 170 valence electrons. The Morgan fingerprint density at radius 2 is 1.91 bits per heavy atom. The molecule has 2 amide bonds. The van der Waals surface area contributed by atoms with Crippen molar-refractivity contribution in [2.75, 3.05) is 31.8 Å². The number of nitrogens with two attached hydrogens (primary N) is 1. The molecule has 32 heavy (non-hydrogen) atoms. The Morgan fingerprint density at radius 3 is 2.59 bits per heavy atom. The lowest BCUT2D eigenvalue weighted by Crippen LogP contribution is -2.46. The number of benzene rings is 1. The molecule has 9 nitrogen and oxygen atoms in total. The van der Waals surface area contributed by atoms with Crippen LogP contribution in [0.2, 0.25) is 0 Å². The zero-order chi connectivity index (χ0) is 23.3. The first-order valence-electron chi connectivity index (χ1n) is 10.2. The molecule has 10 heteroatoms. The Hall–Kier alpha value is -3.53. The lowest BCUT2D eigenvalue weighted by atomic mass is 9.90. The Morgan fingerprint density at radius 1 is 1.22 bits per heavy atom. The summed E-state index contributed by atoms with van der Waals surface area (Å²) in [5.41, 5.74) is 7.44. The van der Waals surface area contributed by atoms with Crippen molar-refractivity contribution in [3.05, 3.63) is 48.0 Å². The number of H-pyrrole nitrogens is 1. The molecule has 0 radical (unpaired) electrons. The van der Waals surface area contributed by atoms with Crippen LogP contribution in [0.25, 0.3) is 10.9 Å². The standard InChI is InChI=1S/C20H21FN6O2.C2H6O/c1-11-2-7-16(12-3-5-13(21)6-4-12)27(10-11)20(29)19(28)25-15-9-23-18(22)14-8-24-26-17(14)15;1-3-2/h3-6,8-9,11,16H,2,7,10H2,1H3,(H2,22,23)(H,24,26)(H,25,28);1-2H3/t11-,16?;/m1./s1. The number of carbonyl (C=O) groups excluding carboxylic acids is 2. The second-order valence-corrected chi connectivity index (χ2v) is 7.79. The monoisotopic (exact) mass is 442 g/mol. The minimum absolute atomic E-state index is 0.265. The lowest BCUT2D eigenvalue weighted by Gasteiger charge is -2.38. The number of nitrogens with zero attached hydrogens (tertiary/aromatic N) is 3. The number of nitrogens with one attached hydrogen (secondary N) is 2. The van der Waals surface area contributed by atoms with Gasteiger partial charge in [0.2, 0.25) is 0 Å². The smallest absolute Gasteiger partial charge is 0.314 e. The van der Waals surface area contributed by atoms with E-state index < -0.39 is 11.8 Å². The van der Waals surface area contributed by atoms with Gasteiger partial charge in [0.05, 0.1) is 35.0 Å². The Kier molecular flexibility index (Phi) is 7.37. The van der Waals surface area contributed by atoms with Gasteiger partial charge >= 0.3 is 11.8 Å². The highest BCUT2D eigenvalue weighted by molar-refractivity contribution is 6.40.